The Bertz CT molecular complexity index is 792. The molecule has 6 heteroatoms. The van der Waals surface area contributed by atoms with Crippen LogP contribution in [0.15, 0.2) is 54.2 Å². The second-order valence-electron chi connectivity index (χ2n) is 4.76. The van der Waals surface area contributed by atoms with Gasteiger partial charge in [-0.2, -0.15) is 5.26 Å². The summed E-state index contributed by atoms with van der Waals surface area (Å²) in [4.78, 5) is 12.0. The summed E-state index contributed by atoms with van der Waals surface area (Å²) in [6.07, 6.45) is 1.03. The lowest BCUT2D eigenvalue weighted by Crippen LogP contribution is -2.14. The lowest BCUT2D eigenvalue weighted by Gasteiger charge is -2.06. The van der Waals surface area contributed by atoms with Crippen LogP contribution in [0.5, 0.6) is 0 Å². The summed E-state index contributed by atoms with van der Waals surface area (Å²) in [6, 6.07) is 11.6. The Labute approximate surface area is 132 Å². The first-order valence-electron chi connectivity index (χ1n) is 6.69. The van der Waals surface area contributed by atoms with Crippen molar-refractivity contribution in [2.45, 2.75) is 6.92 Å². The molecule has 116 valence electrons. The van der Waals surface area contributed by atoms with Crippen molar-refractivity contribution < 1.29 is 13.6 Å². The minimum Gasteiger partial charge on any atom is -0.358 e. The van der Waals surface area contributed by atoms with Gasteiger partial charge in [-0.15, -0.1) is 0 Å². The minimum atomic E-state index is -0.695. The van der Waals surface area contributed by atoms with Gasteiger partial charge in [0.15, 0.2) is 0 Å². The van der Waals surface area contributed by atoms with Gasteiger partial charge in [0, 0.05) is 18.0 Å². The van der Waals surface area contributed by atoms with Crippen molar-refractivity contribution in [3.63, 3.8) is 0 Å². The van der Waals surface area contributed by atoms with E-state index < -0.39 is 17.5 Å². The summed E-state index contributed by atoms with van der Waals surface area (Å²) in [6.45, 7) is 1.91. The fourth-order valence-corrected chi connectivity index (χ4v) is 1.74. The van der Waals surface area contributed by atoms with E-state index in [4.69, 9.17) is 5.26 Å². The monoisotopic (exact) mass is 313 g/mol. The maximum absolute atomic E-state index is 13.5. The molecular formula is C17H13F2N3O. The first-order valence-corrected chi connectivity index (χ1v) is 6.69. The molecule has 4 nitrogen and oxygen atoms in total. The molecule has 0 saturated carbocycles. The zero-order valence-electron chi connectivity index (χ0n) is 12.2. The molecule has 0 aliphatic carbocycles. The van der Waals surface area contributed by atoms with Crippen LogP contribution in [0.4, 0.5) is 20.2 Å². The van der Waals surface area contributed by atoms with Gasteiger partial charge in [-0.05, 0) is 31.2 Å². The van der Waals surface area contributed by atoms with Crippen LogP contribution in [-0.4, -0.2) is 5.91 Å². The molecule has 0 aliphatic heterocycles. The lowest BCUT2D eigenvalue weighted by molar-refractivity contribution is -0.112. The van der Waals surface area contributed by atoms with Crippen LogP contribution in [0.2, 0.25) is 0 Å². The van der Waals surface area contributed by atoms with Gasteiger partial charge >= 0.3 is 0 Å². The summed E-state index contributed by atoms with van der Waals surface area (Å²) in [5.74, 6) is -1.98. The zero-order valence-corrected chi connectivity index (χ0v) is 12.2. The second kappa shape index (κ2) is 7.18. The van der Waals surface area contributed by atoms with Crippen molar-refractivity contribution in [3.8, 4) is 6.07 Å². The molecule has 0 atom stereocenters. The number of carbonyl (C=O) groups excluding carboxylic acids is 1. The number of benzene rings is 2. The highest BCUT2D eigenvalue weighted by molar-refractivity contribution is 6.06. The summed E-state index contributed by atoms with van der Waals surface area (Å²) in [5.41, 5.74) is 1.12. The Morgan fingerprint density at radius 2 is 1.87 bits per heavy atom. The van der Waals surface area contributed by atoms with Crippen molar-refractivity contribution in [2.24, 2.45) is 0 Å². The number of rotatable bonds is 4. The van der Waals surface area contributed by atoms with E-state index in [1.54, 1.807) is 18.2 Å². The molecule has 2 rings (SSSR count). The largest absolute Gasteiger partial charge is 0.358 e. The predicted octanol–water partition coefficient (Wildman–Crippen LogP) is 3.73. The standard InChI is InChI=1S/C17H13F2N3O/c1-11-2-5-14(6-3-11)22-17(23)12(9-20)10-21-16-8-13(18)4-7-15(16)19/h2-8,10,21H,1H3,(H,22,23)/b12-10-. The molecule has 0 spiro atoms. The van der Waals surface area contributed by atoms with E-state index in [-0.39, 0.29) is 11.3 Å². The van der Waals surface area contributed by atoms with Crippen molar-refractivity contribution in [3.05, 3.63) is 71.4 Å². The first-order chi connectivity index (χ1) is 11.0. The van der Waals surface area contributed by atoms with Crippen LogP contribution in [0.1, 0.15) is 5.56 Å². The Morgan fingerprint density at radius 3 is 2.52 bits per heavy atom. The highest BCUT2D eigenvalue weighted by Gasteiger charge is 2.10. The van der Waals surface area contributed by atoms with Crippen molar-refractivity contribution in [2.75, 3.05) is 10.6 Å². The molecule has 2 aromatic rings. The Morgan fingerprint density at radius 1 is 1.17 bits per heavy atom. The highest BCUT2D eigenvalue weighted by Crippen LogP contribution is 2.16. The number of hydrogen-bond acceptors (Lipinski definition) is 3. The number of carbonyl (C=O) groups is 1. The van der Waals surface area contributed by atoms with Gasteiger partial charge in [0.05, 0.1) is 5.69 Å². The second-order valence-corrected chi connectivity index (χ2v) is 4.76. The van der Waals surface area contributed by atoms with Crippen LogP contribution in [-0.2, 0) is 4.79 Å². The quantitative estimate of drug-likeness (QED) is 0.667. The molecular weight excluding hydrogens is 300 g/mol. The van der Waals surface area contributed by atoms with Crippen LogP contribution >= 0.6 is 0 Å². The van der Waals surface area contributed by atoms with Crippen LogP contribution < -0.4 is 10.6 Å². The van der Waals surface area contributed by atoms with E-state index in [2.05, 4.69) is 10.6 Å². The third-order valence-electron chi connectivity index (χ3n) is 2.97. The van der Waals surface area contributed by atoms with Crippen molar-refractivity contribution in [1.82, 2.24) is 0 Å². The van der Waals surface area contributed by atoms with Crippen LogP contribution in [0.25, 0.3) is 0 Å². The third kappa shape index (κ3) is 4.38. The summed E-state index contributed by atoms with van der Waals surface area (Å²) in [5, 5.41) is 14.0. The first kappa shape index (κ1) is 16.2. The molecule has 0 aliphatic rings. The van der Waals surface area contributed by atoms with E-state index in [1.165, 1.54) is 0 Å². The SMILES string of the molecule is Cc1ccc(NC(=O)/C(C#N)=C\Nc2cc(F)ccc2F)cc1. The number of nitrogens with one attached hydrogen (secondary N) is 2. The molecule has 0 aromatic heterocycles. The number of halogens is 2. The molecule has 0 radical (unpaired) electrons. The Kier molecular flexibility index (Phi) is 5.05. The fourth-order valence-electron chi connectivity index (χ4n) is 1.74. The highest BCUT2D eigenvalue weighted by atomic mass is 19.1. The van der Waals surface area contributed by atoms with E-state index in [0.29, 0.717) is 5.69 Å². The summed E-state index contributed by atoms with van der Waals surface area (Å²) in [7, 11) is 0. The molecule has 0 saturated heterocycles. The Hall–Kier alpha value is -3.20. The smallest absolute Gasteiger partial charge is 0.267 e. The molecule has 2 N–H and O–H groups in total. The predicted molar refractivity (Wildman–Crippen MR) is 83.5 cm³/mol. The number of hydrogen-bond donors (Lipinski definition) is 2. The summed E-state index contributed by atoms with van der Waals surface area (Å²) < 4.78 is 26.5. The number of amides is 1. The minimum absolute atomic E-state index is 0.166. The topological polar surface area (TPSA) is 64.9 Å². The normalized spacial score (nSPS) is 10.8. The average molecular weight is 313 g/mol. The third-order valence-corrected chi connectivity index (χ3v) is 2.97. The fraction of sp³-hybridized carbons (Fsp3) is 0.0588. The van der Waals surface area contributed by atoms with E-state index in [1.807, 2.05) is 19.1 Å². The van der Waals surface area contributed by atoms with Gasteiger partial charge in [-0.3, -0.25) is 4.79 Å². The number of anilines is 2. The molecule has 1 amide bonds. The van der Waals surface area contributed by atoms with Gasteiger partial charge in [0.2, 0.25) is 0 Å². The zero-order chi connectivity index (χ0) is 16.8. The number of nitrogens with zero attached hydrogens (tertiary/aromatic N) is 1. The van der Waals surface area contributed by atoms with Crippen LogP contribution in [0.3, 0.4) is 0 Å². The average Bonchev–Trinajstić information content (AvgIpc) is 2.53. The molecule has 23 heavy (non-hydrogen) atoms. The van der Waals surface area contributed by atoms with Gasteiger partial charge in [-0.25, -0.2) is 8.78 Å². The molecule has 0 unspecified atom stereocenters. The lowest BCUT2D eigenvalue weighted by atomic mass is 10.2. The van der Waals surface area contributed by atoms with Gasteiger partial charge in [0.1, 0.15) is 23.3 Å². The van der Waals surface area contributed by atoms with Gasteiger partial charge in [0.25, 0.3) is 5.91 Å². The van der Waals surface area contributed by atoms with Crippen LogP contribution in [0, 0.1) is 29.9 Å². The molecule has 0 heterocycles. The maximum Gasteiger partial charge on any atom is 0.267 e. The van der Waals surface area contributed by atoms with Gasteiger partial charge < -0.3 is 10.6 Å². The number of aryl methyl sites for hydroxylation is 1. The molecule has 0 bridgehead atoms. The molecule has 0 fully saturated rings. The van der Waals surface area contributed by atoms with E-state index >= 15 is 0 Å². The maximum atomic E-state index is 13.5. The molecule has 2 aromatic carbocycles. The Balaban J connectivity index is 2.12. The van der Waals surface area contributed by atoms with E-state index in [9.17, 15) is 13.6 Å². The van der Waals surface area contributed by atoms with E-state index in [0.717, 1.165) is 30.0 Å². The van der Waals surface area contributed by atoms with Crippen molar-refractivity contribution in [1.29, 1.82) is 5.26 Å². The van der Waals surface area contributed by atoms with Gasteiger partial charge in [-0.1, -0.05) is 17.7 Å². The summed E-state index contributed by atoms with van der Waals surface area (Å²) >= 11 is 0. The van der Waals surface area contributed by atoms with Crippen molar-refractivity contribution >= 4 is 17.3 Å². The number of nitriles is 1.